The number of rotatable bonds is 3. The molecule has 1 atom stereocenters. The second-order valence-corrected chi connectivity index (χ2v) is 9.08. The summed E-state index contributed by atoms with van der Waals surface area (Å²) >= 11 is 0. The highest BCUT2D eigenvalue weighted by Gasteiger charge is 2.40. The number of imidazole rings is 1. The van der Waals surface area contributed by atoms with E-state index < -0.39 is 17.2 Å². The van der Waals surface area contributed by atoms with Crippen LogP contribution in [0.4, 0.5) is 13.2 Å². The van der Waals surface area contributed by atoms with E-state index in [1.165, 1.54) is 10.6 Å². The van der Waals surface area contributed by atoms with Crippen molar-refractivity contribution >= 4 is 5.91 Å². The van der Waals surface area contributed by atoms with E-state index in [9.17, 15) is 22.8 Å². The highest BCUT2D eigenvalue weighted by atomic mass is 19.4. The third-order valence-electron chi connectivity index (χ3n) is 6.65. The van der Waals surface area contributed by atoms with Crippen LogP contribution in [0.3, 0.4) is 0 Å². The van der Waals surface area contributed by atoms with Gasteiger partial charge in [0.05, 0.1) is 24.2 Å². The lowest BCUT2D eigenvalue weighted by Gasteiger charge is -2.41. The lowest BCUT2D eigenvalue weighted by molar-refractivity contribution is -0.137. The molecule has 2 aromatic heterocycles. The molecule has 0 saturated carbocycles. The van der Waals surface area contributed by atoms with Gasteiger partial charge in [-0.15, -0.1) is 0 Å². The van der Waals surface area contributed by atoms with Crippen molar-refractivity contribution in [3.63, 3.8) is 0 Å². The number of ether oxygens (including phenoxy) is 1. The lowest BCUT2D eigenvalue weighted by atomic mass is 9.76. The monoisotopic (exact) mass is 472 g/mol. The first-order valence-electron chi connectivity index (χ1n) is 11.0. The number of pyridine rings is 1. The smallest absolute Gasteiger partial charge is 0.416 e. The summed E-state index contributed by atoms with van der Waals surface area (Å²) in [5, 5.41) is 0. The molecule has 0 unspecified atom stereocenters. The topological polar surface area (TPSA) is 69.4 Å². The zero-order valence-electron chi connectivity index (χ0n) is 18.7. The van der Waals surface area contributed by atoms with Gasteiger partial charge in [0, 0.05) is 36.8 Å². The van der Waals surface area contributed by atoms with Crippen LogP contribution in [0.5, 0.6) is 5.75 Å². The van der Waals surface area contributed by atoms with E-state index in [1.807, 2.05) is 13.8 Å². The average molecular weight is 472 g/mol. The molecule has 0 N–H and O–H groups in total. The molecule has 5 rings (SSSR count). The standard InChI is InChI=1S/C24H23F3N4O3/c1-15-12-30(14-28-15)18-4-5-19-21(32)29(8-9-31(19)22(18)33)13-23(2)7-10-34-20-6-3-16(11-17(20)23)24(25,26)27/h3-6,11-12,14H,7-10,13H2,1-2H3/t23-/m0/s1. The highest BCUT2D eigenvalue weighted by Crippen LogP contribution is 2.42. The fourth-order valence-electron chi connectivity index (χ4n) is 4.77. The number of carbonyl (C=O) groups excluding carboxylic acids is 1. The Hall–Kier alpha value is -3.56. The molecule has 0 saturated heterocycles. The van der Waals surface area contributed by atoms with Crippen molar-refractivity contribution < 1.29 is 22.7 Å². The van der Waals surface area contributed by atoms with Crippen LogP contribution < -0.4 is 10.3 Å². The average Bonchev–Trinajstić information content (AvgIpc) is 3.21. The number of fused-ring (bicyclic) bond motifs is 2. The van der Waals surface area contributed by atoms with E-state index in [2.05, 4.69) is 4.98 Å². The molecule has 0 spiro atoms. The molecule has 2 aliphatic rings. The van der Waals surface area contributed by atoms with Gasteiger partial charge in [0.15, 0.2) is 0 Å². The molecule has 1 amide bonds. The van der Waals surface area contributed by atoms with Crippen LogP contribution in [0.2, 0.25) is 0 Å². The molecular formula is C24H23F3N4O3. The van der Waals surface area contributed by atoms with E-state index >= 15 is 0 Å². The van der Waals surface area contributed by atoms with Crippen LogP contribution in [0.25, 0.3) is 5.69 Å². The van der Waals surface area contributed by atoms with E-state index in [1.54, 1.807) is 34.1 Å². The van der Waals surface area contributed by atoms with Crippen molar-refractivity contribution in [2.45, 2.75) is 38.4 Å². The van der Waals surface area contributed by atoms with Crippen molar-refractivity contribution in [2.24, 2.45) is 0 Å². The molecule has 0 aliphatic carbocycles. The summed E-state index contributed by atoms with van der Waals surface area (Å²) < 4.78 is 48.7. The minimum Gasteiger partial charge on any atom is -0.493 e. The van der Waals surface area contributed by atoms with Gasteiger partial charge in [0.1, 0.15) is 17.1 Å². The van der Waals surface area contributed by atoms with Gasteiger partial charge >= 0.3 is 6.18 Å². The van der Waals surface area contributed by atoms with Crippen molar-refractivity contribution in [1.29, 1.82) is 0 Å². The quantitative estimate of drug-likeness (QED) is 0.585. The van der Waals surface area contributed by atoms with E-state index in [4.69, 9.17) is 4.74 Å². The zero-order chi connectivity index (χ0) is 24.3. The molecule has 7 nitrogen and oxygen atoms in total. The lowest BCUT2D eigenvalue weighted by Crippen LogP contribution is -2.50. The first kappa shape index (κ1) is 22.2. The molecule has 4 heterocycles. The maximum atomic E-state index is 13.3. The van der Waals surface area contributed by atoms with Crippen LogP contribution >= 0.6 is 0 Å². The van der Waals surface area contributed by atoms with Gasteiger partial charge in [-0.25, -0.2) is 4.98 Å². The Morgan fingerprint density at radius 3 is 2.65 bits per heavy atom. The summed E-state index contributed by atoms with van der Waals surface area (Å²) in [4.78, 5) is 32.1. The van der Waals surface area contributed by atoms with Gasteiger partial charge in [0.25, 0.3) is 11.5 Å². The Bertz CT molecular complexity index is 1340. The van der Waals surface area contributed by atoms with E-state index in [0.29, 0.717) is 36.6 Å². The summed E-state index contributed by atoms with van der Waals surface area (Å²) in [5.41, 5.74) is 0.111. The Morgan fingerprint density at radius 2 is 1.94 bits per heavy atom. The Labute approximate surface area is 193 Å². The summed E-state index contributed by atoms with van der Waals surface area (Å²) in [6.07, 6.45) is -0.718. The number of benzene rings is 1. The molecule has 0 bridgehead atoms. The van der Waals surface area contributed by atoms with Crippen LogP contribution in [0.1, 0.15) is 40.7 Å². The van der Waals surface area contributed by atoms with Gasteiger partial charge < -0.3 is 18.8 Å². The fourth-order valence-corrected chi connectivity index (χ4v) is 4.77. The number of aromatic nitrogens is 3. The summed E-state index contributed by atoms with van der Waals surface area (Å²) in [6.45, 7) is 4.82. The maximum Gasteiger partial charge on any atom is 0.416 e. The van der Waals surface area contributed by atoms with Crippen LogP contribution in [-0.2, 0) is 18.1 Å². The number of nitrogens with zero attached hydrogens (tertiary/aromatic N) is 4. The van der Waals surface area contributed by atoms with Crippen LogP contribution in [0.15, 0.2) is 47.7 Å². The Balaban J connectivity index is 1.46. The van der Waals surface area contributed by atoms with Crippen molar-refractivity contribution in [3.05, 3.63) is 75.7 Å². The molecule has 178 valence electrons. The molecule has 1 aromatic carbocycles. The second kappa shape index (κ2) is 7.75. The minimum absolute atomic E-state index is 0.222. The predicted molar refractivity (Wildman–Crippen MR) is 117 cm³/mol. The fraction of sp³-hybridized carbons (Fsp3) is 0.375. The molecule has 3 aromatic rings. The van der Waals surface area contributed by atoms with E-state index in [0.717, 1.165) is 17.8 Å². The van der Waals surface area contributed by atoms with Gasteiger partial charge in [-0.05, 0) is 43.7 Å². The molecule has 34 heavy (non-hydrogen) atoms. The number of aryl methyl sites for hydroxylation is 1. The minimum atomic E-state index is -4.47. The summed E-state index contributed by atoms with van der Waals surface area (Å²) in [7, 11) is 0. The zero-order valence-corrected chi connectivity index (χ0v) is 18.7. The number of halogens is 3. The molecule has 2 aliphatic heterocycles. The molecule has 0 radical (unpaired) electrons. The van der Waals surface area contributed by atoms with Crippen LogP contribution in [-0.4, -0.2) is 44.6 Å². The van der Waals surface area contributed by atoms with Crippen molar-refractivity contribution in [2.75, 3.05) is 19.7 Å². The van der Waals surface area contributed by atoms with Crippen LogP contribution in [0, 0.1) is 6.92 Å². The Kier molecular flexibility index (Phi) is 5.07. The van der Waals surface area contributed by atoms with E-state index in [-0.39, 0.29) is 30.2 Å². The largest absolute Gasteiger partial charge is 0.493 e. The molecule has 0 fully saturated rings. The molecular weight excluding hydrogens is 449 g/mol. The van der Waals surface area contributed by atoms with Gasteiger partial charge in [0.2, 0.25) is 0 Å². The third-order valence-corrected chi connectivity index (χ3v) is 6.65. The number of hydrogen-bond acceptors (Lipinski definition) is 4. The number of amides is 1. The molecule has 10 heteroatoms. The van der Waals surface area contributed by atoms with Gasteiger partial charge in [-0.1, -0.05) is 6.92 Å². The number of alkyl halides is 3. The second-order valence-electron chi connectivity index (χ2n) is 9.08. The number of carbonyl (C=O) groups is 1. The van der Waals surface area contributed by atoms with Crippen molar-refractivity contribution in [1.82, 2.24) is 19.0 Å². The Morgan fingerprint density at radius 1 is 1.15 bits per heavy atom. The first-order chi connectivity index (χ1) is 16.1. The number of hydrogen-bond donors (Lipinski definition) is 0. The van der Waals surface area contributed by atoms with Gasteiger partial charge in [-0.2, -0.15) is 13.2 Å². The predicted octanol–water partition coefficient (Wildman–Crippen LogP) is 3.56. The normalized spacial score (nSPS) is 20.0. The highest BCUT2D eigenvalue weighted by molar-refractivity contribution is 5.93. The van der Waals surface area contributed by atoms with Crippen molar-refractivity contribution in [3.8, 4) is 11.4 Å². The van der Waals surface area contributed by atoms with Gasteiger partial charge in [-0.3, -0.25) is 9.59 Å². The SMILES string of the molecule is Cc1cn(-c2ccc3n(c2=O)CCN(C[C@]2(C)CCOc4ccc(C(F)(F)F)cc42)C3=O)cn1. The summed E-state index contributed by atoms with van der Waals surface area (Å²) in [6, 6.07) is 6.70. The summed E-state index contributed by atoms with van der Waals surface area (Å²) in [5.74, 6) is 0.0843. The third kappa shape index (κ3) is 3.66. The first-order valence-corrected chi connectivity index (χ1v) is 11.0. The maximum absolute atomic E-state index is 13.3.